The van der Waals surface area contributed by atoms with E-state index in [1.807, 2.05) is 19.1 Å². The van der Waals surface area contributed by atoms with Gasteiger partial charge < -0.3 is 14.0 Å². The van der Waals surface area contributed by atoms with Crippen molar-refractivity contribution in [3.63, 3.8) is 0 Å². The quantitative estimate of drug-likeness (QED) is 0.658. The van der Waals surface area contributed by atoms with Crippen LogP contribution >= 0.6 is 0 Å². The molecule has 6 heteroatoms. The number of carbonyl (C=O) groups excluding carboxylic acids is 1. The van der Waals surface area contributed by atoms with Crippen LogP contribution in [0.3, 0.4) is 0 Å². The Morgan fingerprint density at radius 1 is 1.08 bits per heavy atom. The summed E-state index contributed by atoms with van der Waals surface area (Å²) in [6.07, 6.45) is 3.00. The number of nitrogens with zero attached hydrogens (tertiary/aromatic N) is 3. The number of hydrogen-bond acceptors (Lipinski definition) is 5. The van der Waals surface area contributed by atoms with Gasteiger partial charge >= 0.3 is 5.97 Å². The third kappa shape index (κ3) is 3.74. The average Bonchev–Trinajstić information content (AvgIpc) is 2.97. The largest absolute Gasteiger partial charge is 0.486 e. The zero-order valence-corrected chi connectivity index (χ0v) is 15.3. The van der Waals surface area contributed by atoms with Crippen LogP contribution in [0.4, 0.5) is 0 Å². The molecule has 0 aliphatic carbocycles. The number of aromatic nitrogens is 3. The molecule has 3 aromatic rings. The van der Waals surface area contributed by atoms with Crippen LogP contribution in [0.25, 0.3) is 5.82 Å². The van der Waals surface area contributed by atoms with E-state index in [1.165, 1.54) is 13.3 Å². The topological polar surface area (TPSA) is 66.2 Å². The highest BCUT2D eigenvalue weighted by Crippen LogP contribution is 2.18. The fourth-order valence-electron chi connectivity index (χ4n) is 2.82. The minimum Gasteiger partial charge on any atom is -0.486 e. The van der Waals surface area contributed by atoms with E-state index in [0.29, 0.717) is 11.3 Å². The van der Waals surface area contributed by atoms with E-state index in [4.69, 9.17) is 14.5 Å². The lowest BCUT2D eigenvalue weighted by molar-refractivity contribution is 0.0599. The second-order valence-corrected chi connectivity index (χ2v) is 6.14. The molecular weight excluding hydrogens is 330 g/mol. The van der Waals surface area contributed by atoms with Gasteiger partial charge in [0.1, 0.15) is 18.2 Å². The molecule has 6 nitrogen and oxygen atoms in total. The Hall–Kier alpha value is -3.15. The van der Waals surface area contributed by atoms with Gasteiger partial charge in [0, 0.05) is 17.6 Å². The summed E-state index contributed by atoms with van der Waals surface area (Å²) >= 11 is 0. The standard InChI is InChI=1S/C20H21N3O3/c1-13-7-17(22-19(8-13)23-14(2)5-6-15(23)3)12-26-18-9-16(10-21-11-18)20(24)25-4/h5-11H,12H2,1-4H3. The number of aryl methyl sites for hydroxylation is 3. The number of ether oxygens (including phenoxy) is 2. The van der Waals surface area contributed by atoms with Gasteiger partial charge in [0.05, 0.1) is 24.6 Å². The first kappa shape index (κ1) is 17.7. The monoisotopic (exact) mass is 351 g/mol. The summed E-state index contributed by atoms with van der Waals surface area (Å²) in [6, 6.07) is 9.77. The maximum Gasteiger partial charge on any atom is 0.339 e. The first-order valence-electron chi connectivity index (χ1n) is 8.27. The predicted molar refractivity (Wildman–Crippen MR) is 97.7 cm³/mol. The molecule has 0 saturated heterocycles. The van der Waals surface area contributed by atoms with E-state index < -0.39 is 5.97 Å². The van der Waals surface area contributed by atoms with Crippen molar-refractivity contribution in [1.29, 1.82) is 0 Å². The Bertz CT molecular complexity index is 928. The second-order valence-electron chi connectivity index (χ2n) is 6.14. The molecule has 3 heterocycles. The lowest BCUT2D eigenvalue weighted by Gasteiger charge is -2.12. The minimum absolute atomic E-state index is 0.278. The number of pyridine rings is 2. The zero-order chi connectivity index (χ0) is 18.7. The third-order valence-corrected chi connectivity index (χ3v) is 4.03. The van der Waals surface area contributed by atoms with Crippen molar-refractivity contribution in [2.75, 3.05) is 7.11 Å². The number of rotatable bonds is 5. The van der Waals surface area contributed by atoms with Gasteiger partial charge in [0.15, 0.2) is 0 Å². The van der Waals surface area contributed by atoms with Gasteiger partial charge in [0.2, 0.25) is 0 Å². The van der Waals surface area contributed by atoms with Gasteiger partial charge in [-0.25, -0.2) is 9.78 Å². The molecule has 0 saturated carbocycles. The molecule has 0 N–H and O–H groups in total. The van der Waals surface area contributed by atoms with Crippen LogP contribution in [0, 0.1) is 20.8 Å². The molecule has 26 heavy (non-hydrogen) atoms. The molecule has 3 aromatic heterocycles. The lowest BCUT2D eigenvalue weighted by Crippen LogP contribution is -2.07. The summed E-state index contributed by atoms with van der Waals surface area (Å²) in [5.41, 5.74) is 4.50. The van der Waals surface area contributed by atoms with Gasteiger partial charge in [-0.1, -0.05) is 0 Å². The highest BCUT2D eigenvalue weighted by molar-refractivity contribution is 5.89. The fourth-order valence-corrected chi connectivity index (χ4v) is 2.82. The van der Waals surface area contributed by atoms with Crippen LogP contribution in [-0.2, 0) is 11.3 Å². The van der Waals surface area contributed by atoms with Crippen LogP contribution < -0.4 is 4.74 Å². The van der Waals surface area contributed by atoms with Gasteiger partial charge in [-0.2, -0.15) is 0 Å². The number of carbonyl (C=O) groups is 1. The van der Waals surface area contributed by atoms with Crippen LogP contribution in [-0.4, -0.2) is 27.6 Å². The zero-order valence-electron chi connectivity index (χ0n) is 15.3. The molecule has 0 spiro atoms. The van der Waals surface area contributed by atoms with E-state index in [9.17, 15) is 4.79 Å². The molecule has 0 aliphatic rings. The Kier molecular flexibility index (Phi) is 5.02. The van der Waals surface area contributed by atoms with Crippen LogP contribution in [0.15, 0.2) is 42.7 Å². The van der Waals surface area contributed by atoms with Crippen molar-refractivity contribution in [3.8, 4) is 11.6 Å². The fraction of sp³-hybridized carbons (Fsp3) is 0.250. The molecule has 134 valence electrons. The summed E-state index contributed by atoms with van der Waals surface area (Å²) in [6.45, 7) is 6.41. The molecule has 0 aromatic carbocycles. The Morgan fingerprint density at radius 2 is 1.81 bits per heavy atom. The van der Waals surface area contributed by atoms with Crippen LogP contribution in [0.5, 0.6) is 5.75 Å². The Morgan fingerprint density at radius 3 is 2.50 bits per heavy atom. The van der Waals surface area contributed by atoms with Gasteiger partial charge in [-0.3, -0.25) is 4.98 Å². The smallest absolute Gasteiger partial charge is 0.339 e. The SMILES string of the molecule is COC(=O)c1cncc(OCc2cc(C)cc(-n3c(C)ccc3C)n2)c1. The molecule has 0 radical (unpaired) electrons. The Labute approximate surface area is 152 Å². The summed E-state index contributed by atoms with van der Waals surface area (Å²) in [5.74, 6) is 0.911. The normalized spacial score (nSPS) is 10.6. The number of methoxy groups -OCH3 is 1. The van der Waals surface area contributed by atoms with Crippen molar-refractivity contribution in [3.05, 3.63) is 70.9 Å². The lowest BCUT2D eigenvalue weighted by atomic mass is 10.2. The molecule has 0 bridgehead atoms. The molecular formula is C20H21N3O3. The van der Waals surface area contributed by atoms with E-state index in [1.54, 1.807) is 12.3 Å². The van der Waals surface area contributed by atoms with E-state index in [0.717, 1.165) is 28.5 Å². The Balaban J connectivity index is 1.82. The molecule has 0 unspecified atom stereocenters. The maximum atomic E-state index is 11.6. The van der Waals surface area contributed by atoms with Gasteiger partial charge in [0.25, 0.3) is 0 Å². The average molecular weight is 351 g/mol. The summed E-state index contributed by atoms with van der Waals surface area (Å²) in [4.78, 5) is 20.3. The van der Waals surface area contributed by atoms with Crippen LogP contribution in [0.1, 0.15) is 33.0 Å². The minimum atomic E-state index is -0.447. The van der Waals surface area contributed by atoms with Crippen molar-refractivity contribution in [2.24, 2.45) is 0 Å². The highest BCUT2D eigenvalue weighted by Gasteiger charge is 2.10. The molecule has 0 amide bonds. The van der Waals surface area contributed by atoms with Crippen molar-refractivity contribution in [2.45, 2.75) is 27.4 Å². The van der Waals surface area contributed by atoms with Gasteiger partial charge in [-0.15, -0.1) is 0 Å². The second kappa shape index (κ2) is 7.39. The summed E-state index contributed by atoms with van der Waals surface area (Å²) < 4.78 is 12.6. The number of hydrogen-bond donors (Lipinski definition) is 0. The first-order valence-corrected chi connectivity index (χ1v) is 8.27. The maximum absolute atomic E-state index is 11.6. The van der Waals surface area contributed by atoms with Crippen molar-refractivity contribution in [1.82, 2.24) is 14.5 Å². The molecule has 0 fully saturated rings. The van der Waals surface area contributed by atoms with E-state index >= 15 is 0 Å². The van der Waals surface area contributed by atoms with E-state index in [2.05, 4.69) is 35.5 Å². The highest BCUT2D eigenvalue weighted by atomic mass is 16.5. The number of esters is 1. The molecule has 0 atom stereocenters. The van der Waals surface area contributed by atoms with Crippen molar-refractivity contribution >= 4 is 5.97 Å². The summed E-state index contributed by atoms with van der Waals surface area (Å²) in [5, 5.41) is 0. The van der Waals surface area contributed by atoms with Crippen molar-refractivity contribution < 1.29 is 14.3 Å². The molecule has 3 rings (SSSR count). The first-order chi connectivity index (χ1) is 12.5. The van der Waals surface area contributed by atoms with Crippen LogP contribution in [0.2, 0.25) is 0 Å². The van der Waals surface area contributed by atoms with Gasteiger partial charge in [-0.05, 0) is 56.7 Å². The third-order valence-electron chi connectivity index (χ3n) is 4.03. The predicted octanol–water partition coefficient (Wildman–Crippen LogP) is 3.56. The van der Waals surface area contributed by atoms with E-state index in [-0.39, 0.29) is 6.61 Å². The summed E-state index contributed by atoms with van der Waals surface area (Å²) in [7, 11) is 1.33. The molecule has 0 aliphatic heterocycles.